The third kappa shape index (κ3) is 3.88. The molecule has 3 aromatic rings. The number of rotatable bonds is 4. The molecule has 1 heterocycles. The fraction of sp³-hybridized carbons (Fsp3) is 0.143. The highest BCUT2D eigenvalue weighted by Crippen LogP contribution is 2.17. The number of carbonyl (C=O) groups is 1. The smallest absolute Gasteiger partial charge is 0.263 e. The molecule has 1 amide bonds. The highest BCUT2D eigenvalue weighted by Gasteiger charge is 2.13. The minimum Gasteiger partial charge on any atom is -0.322 e. The van der Waals surface area contributed by atoms with Crippen molar-refractivity contribution in [3.63, 3.8) is 0 Å². The molecule has 0 aliphatic carbocycles. The van der Waals surface area contributed by atoms with Crippen LogP contribution in [0.4, 0.5) is 10.1 Å². The van der Waals surface area contributed by atoms with Crippen LogP contribution in [-0.4, -0.2) is 10.5 Å². The minimum absolute atomic E-state index is 0.0653. The maximum absolute atomic E-state index is 13.0. The van der Waals surface area contributed by atoms with Gasteiger partial charge in [-0.25, -0.2) is 4.39 Å². The molecule has 0 atom stereocenters. The van der Waals surface area contributed by atoms with Crippen molar-refractivity contribution in [2.45, 2.75) is 20.4 Å². The fourth-order valence-corrected chi connectivity index (χ4v) is 2.68. The third-order valence-electron chi connectivity index (χ3n) is 4.17. The average molecular weight is 350 g/mol. The summed E-state index contributed by atoms with van der Waals surface area (Å²) in [5.74, 6) is -0.778. The second-order valence-electron chi connectivity index (χ2n) is 6.25. The first-order valence-corrected chi connectivity index (χ1v) is 8.26. The fourth-order valence-electron chi connectivity index (χ4n) is 2.68. The number of aromatic nitrogens is 1. The number of aryl methyl sites for hydroxylation is 2. The second-order valence-corrected chi connectivity index (χ2v) is 6.25. The predicted molar refractivity (Wildman–Crippen MR) is 100 cm³/mol. The van der Waals surface area contributed by atoms with Crippen molar-refractivity contribution in [2.75, 3.05) is 5.32 Å². The number of nitrogens with zero attached hydrogens (tertiary/aromatic N) is 1. The number of amides is 1. The molecular formula is C21H19FN2O2. The SMILES string of the molecule is Cc1ccc(C)c(NC(=O)c2cccn(Cc3ccc(F)cc3)c2=O)c1. The molecule has 2 aromatic carbocycles. The molecule has 0 saturated heterocycles. The minimum atomic E-state index is -0.447. The highest BCUT2D eigenvalue weighted by atomic mass is 19.1. The van der Waals surface area contributed by atoms with E-state index in [1.54, 1.807) is 24.4 Å². The number of anilines is 1. The van der Waals surface area contributed by atoms with Crippen LogP contribution in [0.1, 0.15) is 27.0 Å². The summed E-state index contributed by atoms with van der Waals surface area (Å²) in [7, 11) is 0. The molecule has 4 nitrogen and oxygen atoms in total. The summed E-state index contributed by atoms with van der Waals surface area (Å²) < 4.78 is 14.5. The Morgan fingerprint density at radius 1 is 1.08 bits per heavy atom. The Morgan fingerprint density at radius 3 is 2.54 bits per heavy atom. The lowest BCUT2D eigenvalue weighted by molar-refractivity contribution is 0.102. The topological polar surface area (TPSA) is 51.1 Å². The molecule has 132 valence electrons. The van der Waals surface area contributed by atoms with E-state index < -0.39 is 5.91 Å². The van der Waals surface area contributed by atoms with E-state index in [-0.39, 0.29) is 23.5 Å². The van der Waals surface area contributed by atoms with Gasteiger partial charge in [-0.2, -0.15) is 0 Å². The van der Waals surface area contributed by atoms with Crippen LogP contribution in [0.3, 0.4) is 0 Å². The van der Waals surface area contributed by atoms with Crippen molar-refractivity contribution in [3.8, 4) is 0 Å². The van der Waals surface area contributed by atoms with E-state index in [9.17, 15) is 14.0 Å². The van der Waals surface area contributed by atoms with Gasteiger partial charge in [-0.1, -0.05) is 24.3 Å². The lowest BCUT2D eigenvalue weighted by atomic mass is 10.1. The zero-order valence-electron chi connectivity index (χ0n) is 14.6. The standard InChI is InChI=1S/C21H19FN2O2/c1-14-5-6-15(2)19(12-14)23-20(25)18-4-3-11-24(21(18)26)13-16-7-9-17(22)10-8-16/h3-12H,13H2,1-2H3,(H,23,25). The Balaban J connectivity index is 1.86. The summed E-state index contributed by atoms with van der Waals surface area (Å²) in [5.41, 5.74) is 3.08. The molecule has 0 aliphatic heterocycles. The van der Waals surface area contributed by atoms with Crippen LogP contribution in [0.25, 0.3) is 0 Å². The van der Waals surface area contributed by atoms with Crippen molar-refractivity contribution >= 4 is 11.6 Å². The van der Waals surface area contributed by atoms with Crippen molar-refractivity contribution in [1.82, 2.24) is 4.57 Å². The number of pyridine rings is 1. The van der Waals surface area contributed by atoms with Crippen LogP contribution in [0, 0.1) is 19.7 Å². The van der Waals surface area contributed by atoms with Gasteiger partial charge >= 0.3 is 0 Å². The highest BCUT2D eigenvalue weighted by molar-refractivity contribution is 6.04. The van der Waals surface area contributed by atoms with E-state index in [1.807, 2.05) is 32.0 Å². The Labute approximate surface area is 150 Å². The second kappa shape index (κ2) is 7.35. The molecule has 0 spiro atoms. The Kier molecular flexibility index (Phi) is 4.98. The summed E-state index contributed by atoms with van der Waals surface area (Å²) >= 11 is 0. The Morgan fingerprint density at radius 2 is 1.81 bits per heavy atom. The number of nitrogens with one attached hydrogen (secondary N) is 1. The van der Waals surface area contributed by atoms with E-state index in [1.165, 1.54) is 22.8 Å². The van der Waals surface area contributed by atoms with Gasteiger partial charge in [-0.15, -0.1) is 0 Å². The van der Waals surface area contributed by atoms with Gasteiger partial charge in [-0.05, 0) is 60.9 Å². The van der Waals surface area contributed by atoms with E-state index in [0.717, 1.165) is 16.7 Å². The lowest BCUT2D eigenvalue weighted by Crippen LogP contribution is -2.29. The largest absolute Gasteiger partial charge is 0.322 e. The number of benzene rings is 2. The van der Waals surface area contributed by atoms with Gasteiger partial charge in [0.05, 0.1) is 6.54 Å². The lowest BCUT2D eigenvalue weighted by Gasteiger charge is -2.11. The van der Waals surface area contributed by atoms with Gasteiger partial charge in [0.15, 0.2) is 0 Å². The van der Waals surface area contributed by atoms with Crippen LogP contribution in [0.2, 0.25) is 0 Å². The molecule has 0 bridgehead atoms. The van der Waals surface area contributed by atoms with E-state index in [4.69, 9.17) is 0 Å². The first kappa shape index (κ1) is 17.6. The molecule has 0 saturated carbocycles. The number of carbonyl (C=O) groups excluding carboxylic acids is 1. The maximum atomic E-state index is 13.0. The maximum Gasteiger partial charge on any atom is 0.263 e. The molecule has 0 radical (unpaired) electrons. The molecule has 0 aliphatic rings. The molecule has 0 unspecified atom stereocenters. The van der Waals surface area contributed by atoms with Gasteiger partial charge in [0, 0.05) is 11.9 Å². The molecule has 3 rings (SSSR count). The van der Waals surface area contributed by atoms with Gasteiger partial charge in [-0.3, -0.25) is 9.59 Å². The van der Waals surface area contributed by atoms with E-state index >= 15 is 0 Å². The average Bonchev–Trinajstić information content (AvgIpc) is 2.62. The third-order valence-corrected chi connectivity index (χ3v) is 4.17. The van der Waals surface area contributed by atoms with Crippen molar-refractivity contribution in [2.24, 2.45) is 0 Å². The number of hydrogen-bond donors (Lipinski definition) is 1. The summed E-state index contributed by atoms with van der Waals surface area (Å²) in [6.45, 7) is 4.10. The van der Waals surface area contributed by atoms with Gasteiger partial charge in [0.1, 0.15) is 11.4 Å². The monoisotopic (exact) mass is 350 g/mol. The van der Waals surface area contributed by atoms with Crippen LogP contribution in [-0.2, 0) is 6.54 Å². The molecule has 1 N–H and O–H groups in total. The van der Waals surface area contributed by atoms with Gasteiger partial charge < -0.3 is 9.88 Å². The Bertz CT molecular complexity index is 1010. The van der Waals surface area contributed by atoms with Crippen LogP contribution < -0.4 is 10.9 Å². The van der Waals surface area contributed by atoms with Crippen molar-refractivity contribution < 1.29 is 9.18 Å². The summed E-state index contributed by atoms with van der Waals surface area (Å²) in [5, 5.41) is 2.80. The molecule has 26 heavy (non-hydrogen) atoms. The van der Waals surface area contributed by atoms with Gasteiger partial charge in [0.25, 0.3) is 11.5 Å². The zero-order chi connectivity index (χ0) is 18.7. The first-order chi connectivity index (χ1) is 12.4. The quantitative estimate of drug-likeness (QED) is 0.776. The van der Waals surface area contributed by atoms with Crippen LogP contribution in [0.5, 0.6) is 0 Å². The summed E-state index contributed by atoms with van der Waals surface area (Å²) in [6, 6.07) is 14.8. The summed E-state index contributed by atoms with van der Waals surface area (Å²) in [6.07, 6.45) is 1.61. The van der Waals surface area contributed by atoms with Crippen molar-refractivity contribution in [1.29, 1.82) is 0 Å². The normalized spacial score (nSPS) is 10.6. The number of halogens is 1. The number of hydrogen-bond acceptors (Lipinski definition) is 2. The van der Waals surface area contributed by atoms with Crippen LogP contribution >= 0.6 is 0 Å². The Hall–Kier alpha value is -3.21. The van der Waals surface area contributed by atoms with E-state index in [2.05, 4.69) is 5.32 Å². The van der Waals surface area contributed by atoms with Gasteiger partial charge in [0.2, 0.25) is 0 Å². The van der Waals surface area contributed by atoms with Crippen molar-refractivity contribution in [3.05, 3.63) is 99.2 Å². The molecule has 5 heteroatoms. The molecular weight excluding hydrogens is 331 g/mol. The first-order valence-electron chi connectivity index (χ1n) is 8.26. The van der Waals surface area contributed by atoms with E-state index in [0.29, 0.717) is 5.69 Å². The zero-order valence-corrected chi connectivity index (χ0v) is 14.6. The molecule has 1 aromatic heterocycles. The predicted octanol–water partition coefficient (Wildman–Crippen LogP) is 3.90. The summed E-state index contributed by atoms with van der Waals surface area (Å²) in [4.78, 5) is 25.2. The van der Waals surface area contributed by atoms with Crippen LogP contribution in [0.15, 0.2) is 65.6 Å². The molecule has 0 fully saturated rings.